The van der Waals surface area contributed by atoms with Gasteiger partial charge in [-0.05, 0) is 43.9 Å². The Bertz CT molecular complexity index is 583. The van der Waals surface area contributed by atoms with Gasteiger partial charge in [0.1, 0.15) is 5.75 Å². The fourth-order valence-electron chi connectivity index (χ4n) is 2.90. The molecule has 6 nitrogen and oxygen atoms in total. The van der Waals surface area contributed by atoms with Gasteiger partial charge in [0.25, 0.3) is 5.91 Å². The Hall–Kier alpha value is -2.08. The smallest absolute Gasteiger partial charge is 0.307 e. The van der Waals surface area contributed by atoms with Crippen LogP contribution in [0.3, 0.4) is 0 Å². The first kappa shape index (κ1) is 20.2. The van der Waals surface area contributed by atoms with Crippen molar-refractivity contribution < 1.29 is 23.8 Å². The highest BCUT2D eigenvalue weighted by molar-refractivity contribution is 5.78. The van der Waals surface area contributed by atoms with Gasteiger partial charge >= 0.3 is 5.97 Å². The van der Waals surface area contributed by atoms with E-state index in [4.69, 9.17) is 14.2 Å². The van der Waals surface area contributed by atoms with Crippen LogP contribution >= 0.6 is 0 Å². The standard InChI is InChI=1S/C20H29NO5/c1-3-16-7-5-8-17(13-16)26-15-19(22)21(11-10-20(23)24-4-2)14-18-9-6-12-25-18/h5,7-8,13,18H,3-4,6,9-12,14-15H2,1-2H3. The highest BCUT2D eigenvalue weighted by Gasteiger charge is 2.23. The molecule has 1 aliphatic rings. The van der Waals surface area contributed by atoms with E-state index in [0.29, 0.717) is 25.4 Å². The molecule has 26 heavy (non-hydrogen) atoms. The molecule has 0 aliphatic carbocycles. The summed E-state index contributed by atoms with van der Waals surface area (Å²) in [6.07, 6.45) is 3.06. The molecule has 144 valence electrons. The number of hydrogen-bond donors (Lipinski definition) is 0. The maximum absolute atomic E-state index is 12.6. The molecule has 1 atom stereocenters. The lowest BCUT2D eigenvalue weighted by Crippen LogP contribution is -2.41. The largest absolute Gasteiger partial charge is 0.484 e. The molecule has 1 unspecified atom stereocenters. The molecule has 0 saturated carbocycles. The molecule has 1 heterocycles. The summed E-state index contributed by atoms with van der Waals surface area (Å²) in [4.78, 5) is 25.9. The summed E-state index contributed by atoms with van der Waals surface area (Å²) >= 11 is 0. The van der Waals surface area contributed by atoms with E-state index in [2.05, 4.69) is 6.92 Å². The van der Waals surface area contributed by atoms with Gasteiger partial charge in [0.15, 0.2) is 6.61 Å². The normalized spacial score (nSPS) is 16.3. The first-order valence-electron chi connectivity index (χ1n) is 9.39. The van der Waals surface area contributed by atoms with Crippen LogP contribution in [0.1, 0.15) is 38.7 Å². The molecular formula is C20H29NO5. The highest BCUT2D eigenvalue weighted by Crippen LogP contribution is 2.16. The second kappa shape index (κ2) is 10.8. The average molecular weight is 363 g/mol. The van der Waals surface area contributed by atoms with Crippen LogP contribution in [-0.2, 0) is 25.5 Å². The van der Waals surface area contributed by atoms with Crippen LogP contribution in [0.25, 0.3) is 0 Å². The SMILES string of the molecule is CCOC(=O)CCN(CC1CCCO1)C(=O)COc1cccc(CC)c1. The minimum atomic E-state index is -0.297. The Balaban J connectivity index is 1.90. The van der Waals surface area contributed by atoms with E-state index in [1.807, 2.05) is 24.3 Å². The Morgan fingerprint density at radius 2 is 2.15 bits per heavy atom. The Morgan fingerprint density at radius 1 is 1.31 bits per heavy atom. The van der Waals surface area contributed by atoms with Crippen molar-refractivity contribution in [3.8, 4) is 5.75 Å². The van der Waals surface area contributed by atoms with Gasteiger partial charge in [-0.25, -0.2) is 0 Å². The third-order valence-corrected chi connectivity index (χ3v) is 4.36. The molecule has 2 rings (SSSR count). The van der Waals surface area contributed by atoms with Crippen molar-refractivity contribution in [2.24, 2.45) is 0 Å². The Labute approximate surface area is 155 Å². The van der Waals surface area contributed by atoms with Gasteiger partial charge in [-0.3, -0.25) is 9.59 Å². The molecule has 0 N–H and O–H groups in total. The molecule has 1 amide bonds. The molecular weight excluding hydrogens is 334 g/mol. The number of nitrogens with zero attached hydrogens (tertiary/aromatic N) is 1. The van der Waals surface area contributed by atoms with Gasteiger partial charge in [0, 0.05) is 19.7 Å². The second-order valence-corrected chi connectivity index (χ2v) is 6.32. The van der Waals surface area contributed by atoms with E-state index in [9.17, 15) is 9.59 Å². The van der Waals surface area contributed by atoms with E-state index in [1.54, 1.807) is 11.8 Å². The summed E-state index contributed by atoms with van der Waals surface area (Å²) in [5.41, 5.74) is 1.16. The third-order valence-electron chi connectivity index (χ3n) is 4.36. The fraction of sp³-hybridized carbons (Fsp3) is 0.600. The van der Waals surface area contributed by atoms with Crippen molar-refractivity contribution in [3.63, 3.8) is 0 Å². The van der Waals surface area contributed by atoms with Gasteiger partial charge < -0.3 is 19.1 Å². The lowest BCUT2D eigenvalue weighted by molar-refractivity contribution is -0.144. The zero-order valence-electron chi connectivity index (χ0n) is 15.7. The van der Waals surface area contributed by atoms with Gasteiger partial charge in [0.05, 0.1) is 19.1 Å². The Kier molecular flexibility index (Phi) is 8.41. The lowest BCUT2D eigenvalue weighted by atomic mass is 10.2. The number of rotatable bonds is 10. The van der Waals surface area contributed by atoms with Crippen LogP contribution in [0, 0.1) is 0 Å². The predicted octanol–water partition coefficient (Wildman–Crippen LogP) is 2.59. The summed E-state index contributed by atoms with van der Waals surface area (Å²) in [6.45, 7) is 5.66. The first-order chi connectivity index (χ1) is 12.6. The molecule has 1 fully saturated rings. The molecule has 1 aromatic rings. The van der Waals surface area contributed by atoms with Crippen LogP contribution < -0.4 is 4.74 Å². The van der Waals surface area contributed by atoms with Gasteiger partial charge in [-0.15, -0.1) is 0 Å². The molecule has 1 aromatic carbocycles. The van der Waals surface area contributed by atoms with Crippen molar-refractivity contribution in [2.45, 2.75) is 45.6 Å². The van der Waals surface area contributed by atoms with Crippen LogP contribution in [0.15, 0.2) is 24.3 Å². The zero-order chi connectivity index (χ0) is 18.8. The number of hydrogen-bond acceptors (Lipinski definition) is 5. The zero-order valence-corrected chi connectivity index (χ0v) is 15.7. The van der Waals surface area contributed by atoms with Crippen LogP contribution in [0.2, 0.25) is 0 Å². The molecule has 0 spiro atoms. The van der Waals surface area contributed by atoms with Crippen LogP contribution in [-0.4, -0.2) is 55.8 Å². The van der Waals surface area contributed by atoms with E-state index in [1.165, 1.54) is 0 Å². The summed E-state index contributed by atoms with van der Waals surface area (Å²) in [6, 6.07) is 7.73. The number of carbonyl (C=O) groups excluding carboxylic acids is 2. The van der Waals surface area contributed by atoms with Crippen molar-refractivity contribution >= 4 is 11.9 Å². The van der Waals surface area contributed by atoms with Gasteiger partial charge in [0.2, 0.25) is 0 Å². The topological polar surface area (TPSA) is 65.1 Å². The quantitative estimate of drug-likeness (QED) is 0.598. The maximum atomic E-state index is 12.6. The number of aryl methyl sites for hydroxylation is 1. The van der Waals surface area contributed by atoms with E-state index >= 15 is 0 Å². The van der Waals surface area contributed by atoms with Crippen molar-refractivity contribution in [2.75, 3.05) is 32.9 Å². The molecule has 0 aromatic heterocycles. The number of esters is 1. The van der Waals surface area contributed by atoms with E-state index in [-0.39, 0.29) is 31.0 Å². The Morgan fingerprint density at radius 3 is 2.85 bits per heavy atom. The molecule has 1 saturated heterocycles. The third kappa shape index (κ3) is 6.67. The minimum Gasteiger partial charge on any atom is -0.484 e. The number of amides is 1. The summed E-state index contributed by atoms with van der Waals surface area (Å²) in [5, 5.41) is 0. The number of ether oxygens (including phenoxy) is 3. The molecule has 6 heteroatoms. The molecule has 0 radical (unpaired) electrons. The van der Waals surface area contributed by atoms with Crippen molar-refractivity contribution in [1.82, 2.24) is 4.90 Å². The van der Waals surface area contributed by atoms with Crippen LogP contribution in [0.5, 0.6) is 5.75 Å². The van der Waals surface area contributed by atoms with Crippen LogP contribution in [0.4, 0.5) is 0 Å². The second-order valence-electron chi connectivity index (χ2n) is 6.32. The predicted molar refractivity (Wildman–Crippen MR) is 98.1 cm³/mol. The first-order valence-corrected chi connectivity index (χ1v) is 9.39. The lowest BCUT2D eigenvalue weighted by Gasteiger charge is -2.25. The summed E-state index contributed by atoms with van der Waals surface area (Å²) in [5.74, 6) is 0.237. The number of carbonyl (C=O) groups is 2. The van der Waals surface area contributed by atoms with E-state index < -0.39 is 0 Å². The monoisotopic (exact) mass is 363 g/mol. The molecule has 0 bridgehead atoms. The summed E-state index contributed by atoms with van der Waals surface area (Å²) < 4.78 is 16.2. The highest BCUT2D eigenvalue weighted by atomic mass is 16.5. The average Bonchev–Trinajstić information content (AvgIpc) is 3.16. The molecule has 1 aliphatic heterocycles. The summed E-state index contributed by atoms with van der Waals surface area (Å²) in [7, 11) is 0. The van der Waals surface area contributed by atoms with Crippen molar-refractivity contribution in [1.29, 1.82) is 0 Å². The minimum absolute atomic E-state index is 0.0320. The number of benzene rings is 1. The van der Waals surface area contributed by atoms with E-state index in [0.717, 1.165) is 31.4 Å². The fourth-order valence-corrected chi connectivity index (χ4v) is 2.90. The van der Waals surface area contributed by atoms with Gasteiger partial charge in [-0.1, -0.05) is 19.1 Å². The maximum Gasteiger partial charge on any atom is 0.307 e. The van der Waals surface area contributed by atoms with Gasteiger partial charge in [-0.2, -0.15) is 0 Å². The van der Waals surface area contributed by atoms with Crippen molar-refractivity contribution in [3.05, 3.63) is 29.8 Å².